The van der Waals surface area contributed by atoms with E-state index in [0.717, 1.165) is 24.7 Å². The van der Waals surface area contributed by atoms with E-state index in [-0.39, 0.29) is 5.91 Å². The van der Waals surface area contributed by atoms with Gasteiger partial charge in [-0.2, -0.15) is 0 Å². The molecule has 0 saturated heterocycles. The monoisotopic (exact) mass is 379 g/mol. The number of amides is 1. The van der Waals surface area contributed by atoms with Crippen LogP contribution in [-0.4, -0.2) is 15.9 Å². The van der Waals surface area contributed by atoms with Crippen LogP contribution >= 0.6 is 39.0 Å². The van der Waals surface area contributed by atoms with Gasteiger partial charge in [-0.25, -0.2) is 9.97 Å². The minimum absolute atomic E-state index is 0.384. The molecule has 0 bridgehead atoms. The molecule has 1 unspecified atom stereocenters. The van der Waals surface area contributed by atoms with Crippen molar-refractivity contribution in [3.8, 4) is 0 Å². The van der Waals surface area contributed by atoms with Crippen LogP contribution in [-0.2, 0) is 4.79 Å². The second kappa shape index (κ2) is 6.13. The van der Waals surface area contributed by atoms with Gasteiger partial charge >= 0.3 is 0 Å². The molecule has 0 saturated carbocycles. The number of carbonyl (C=O) groups is 1. The first-order chi connectivity index (χ1) is 10.1. The van der Waals surface area contributed by atoms with Crippen LogP contribution in [0.4, 0.5) is 0 Å². The summed E-state index contributed by atoms with van der Waals surface area (Å²) in [6.45, 7) is 0. The lowest BCUT2D eigenvalue weighted by atomic mass is 10.1. The van der Waals surface area contributed by atoms with Crippen molar-refractivity contribution >= 4 is 55.3 Å². The Morgan fingerprint density at radius 1 is 1.33 bits per heavy atom. The molecule has 106 valence electrons. The standard InChI is InChI=1S/C14H10BrN3OS2/c15-9-4-1-3-8(7-9)11(12(16)19)20-14-18-10-5-2-6-17-13(10)21-14/h1-7,11H,(H2,16,19). The van der Waals surface area contributed by atoms with Gasteiger partial charge in [0.15, 0.2) is 4.34 Å². The largest absolute Gasteiger partial charge is 0.368 e. The predicted molar refractivity (Wildman–Crippen MR) is 89.3 cm³/mol. The van der Waals surface area contributed by atoms with Crippen molar-refractivity contribution < 1.29 is 4.79 Å². The SMILES string of the molecule is NC(=O)C(Sc1nc2cccnc2s1)c1cccc(Br)c1. The number of halogens is 1. The minimum atomic E-state index is -0.469. The van der Waals surface area contributed by atoms with Gasteiger partial charge in [0.2, 0.25) is 5.91 Å². The fourth-order valence-corrected chi connectivity index (χ4v) is 4.39. The number of nitrogens with two attached hydrogens (primary N) is 1. The third kappa shape index (κ3) is 3.25. The number of nitrogens with zero attached hydrogens (tertiary/aromatic N) is 2. The first-order valence-electron chi connectivity index (χ1n) is 6.06. The molecule has 7 heteroatoms. The molecular weight excluding hydrogens is 370 g/mol. The molecule has 1 aromatic carbocycles. The summed E-state index contributed by atoms with van der Waals surface area (Å²) < 4.78 is 1.70. The highest BCUT2D eigenvalue weighted by Crippen LogP contribution is 2.39. The van der Waals surface area contributed by atoms with Crippen molar-refractivity contribution in [3.05, 3.63) is 52.6 Å². The highest BCUT2D eigenvalue weighted by Gasteiger charge is 2.21. The minimum Gasteiger partial charge on any atom is -0.368 e. The number of primary amides is 1. The second-order valence-electron chi connectivity index (χ2n) is 4.26. The number of carbonyl (C=O) groups excluding carboxylic acids is 1. The van der Waals surface area contributed by atoms with E-state index in [0.29, 0.717) is 0 Å². The number of hydrogen-bond donors (Lipinski definition) is 1. The van der Waals surface area contributed by atoms with Gasteiger partial charge in [-0.3, -0.25) is 4.79 Å². The summed E-state index contributed by atoms with van der Waals surface area (Å²) in [5.41, 5.74) is 7.24. The number of fused-ring (bicyclic) bond motifs is 1. The van der Waals surface area contributed by atoms with Crippen molar-refractivity contribution in [2.24, 2.45) is 5.73 Å². The zero-order valence-electron chi connectivity index (χ0n) is 10.7. The van der Waals surface area contributed by atoms with Gasteiger partial charge in [0.25, 0.3) is 0 Å². The quantitative estimate of drug-likeness (QED) is 0.700. The maximum absolute atomic E-state index is 11.8. The van der Waals surface area contributed by atoms with E-state index in [1.54, 1.807) is 6.20 Å². The Morgan fingerprint density at radius 3 is 2.90 bits per heavy atom. The first kappa shape index (κ1) is 14.5. The fraction of sp³-hybridized carbons (Fsp3) is 0.0714. The van der Waals surface area contributed by atoms with E-state index in [2.05, 4.69) is 25.9 Å². The lowest BCUT2D eigenvalue weighted by Crippen LogP contribution is -2.18. The van der Waals surface area contributed by atoms with Crippen LogP contribution in [0.1, 0.15) is 10.8 Å². The molecule has 1 amide bonds. The summed E-state index contributed by atoms with van der Waals surface area (Å²) in [6.07, 6.45) is 1.73. The Kier molecular flexibility index (Phi) is 4.23. The topological polar surface area (TPSA) is 68.9 Å². The normalized spacial score (nSPS) is 12.4. The highest BCUT2D eigenvalue weighted by atomic mass is 79.9. The van der Waals surface area contributed by atoms with Crippen molar-refractivity contribution in [2.75, 3.05) is 0 Å². The molecule has 0 aliphatic carbocycles. The van der Waals surface area contributed by atoms with Gasteiger partial charge in [0.05, 0.1) is 0 Å². The van der Waals surface area contributed by atoms with Crippen LogP contribution in [0.15, 0.2) is 51.4 Å². The third-order valence-corrected chi connectivity index (χ3v) is 5.61. The van der Waals surface area contributed by atoms with Gasteiger partial charge in [-0.05, 0) is 29.8 Å². The lowest BCUT2D eigenvalue weighted by Gasteiger charge is -2.11. The Balaban J connectivity index is 1.93. The molecule has 21 heavy (non-hydrogen) atoms. The molecular formula is C14H10BrN3OS2. The number of pyridine rings is 1. The van der Waals surface area contributed by atoms with Crippen LogP contribution < -0.4 is 5.73 Å². The molecule has 0 spiro atoms. The number of thioether (sulfide) groups is 1. The molecule has 1 atom stereocenters. The van der Waals surface area contributed by atoms with Crippen molar-refractivity contribution in [1.82, 2.24) is 9.97 Å². The highest BCUT2D eigenvalue weighted by molar-refractivity contribution is 9.10. The molecule has 2 N–H and O–H groups in total. The van der Waals surface area contributed by atoms with Crippen molar-refractivity contribution in [3.63, 3.8) is 0 Å². The van der Waals surface area contributed by atoms with E-state index in [4.69, 9.17) is 5.73 Å². The number of hydrogen-bond acceptors (Lipinski definition) is 5. The van der Waals surface area contributed by atoms with Crippen LogP contribution in [0.3, 0.4) is 0 Å². The third-order valence-electron chi connectivity index (χ3n) is 2.78. The molecule has 3 rings (SSSR count). The zero-order valence-corrected chi connectivity index (χ0v) is 13.9. The number of rotatable bonds is 4. The number of aromatic nitrogens is 2. The van der Waals surface area contributed by atoms with Crippen molar-refractivity contribution in [1.29, 1.82) is 0 Å². The van der Waals surface area contributed by atoms with Gasteiger partial charge in [0.1, 0.15) is 15.6 Å². The van der Waals surface area contributed by atoms with E-state index >= 15 is 0 Å². The summed E-state index contributed by atoms with van der Waals surface area (Å²) in [6, 6.07) is 11.3. The van der Waals surface area contributed by atoms with E-state index in [1.807, 2.05) is 36.4 Å². The molecule has 4 nitrogen and oxygen atoms in total. The van der Waals surface area contributed by atoms with Crippen LogP contribution in [0.5, 0.6) is 0 Å². The summed E-state index contributed by atoms with van der Waals surface area (Å²) in [5.74, 6) is -0.384. The van der Waals surface area contributed by atoms with Gasteiger partial charge < -0.3 is 5.73 Å². The fourth-order valence-electron chi connectivity index (χ4n) is 1.86. The molecule has 0 aliphatic rings. The van der Waals surface area contributed by atoms with E-state index in [1.165, 1.54) is 23.1 Å². The average Bonchev–Trinajstić information content (AvgIpc) is 2.87. The molecule has 2 aromatic heterocycles. The summed E-state index contributed by atoms with van der Waals surface area (Å²) in [4.78, 5) is 21.4. The Morgan fingerprint density at radius 2 is 2.19 bits per heavy atom. The molecule has 2 heterocycles. The van der Waals surface area contributed by atoms with E-state index in [9.17, 15) is 4.79 Å². The molecule has 0 radical (unpaired) electrons. The van der Waals surface area contributed by atoms with E-state index < -0.39 is 5.25 Å². The van der Waals surface area contributed by atoms with Crippen LogP contribution in [0.2, 0.25) is 0 Å². The smallest absolute Gasteiger partial charge is 0.235 e. The first-order valence-corrected chi connectivity index (χ1v) is 8.55. The Labute approximate surface area is 137 Å². The molecule has 3 aromatic rings. The summed E-state index contributed by atoms with van der Waals surface area (Å²) in [5, 5.41) is -0.469. The van der Waals surface area contributed by atoms with Crippen LogP contribution in [0.25, 0.3) is 10.3 Å². The van der Waals surface area contributed by atoms with Crippen LogP contribution in [0, 0.1) is 0 Å². The lowest BCUT2D eigenvalue weighted by molar-refractivity contribution is -0.117. The number of benzene rings is 1. The number of thiazole rings is 1. The predicted octanol–water partition coefficient (Wildman–Crippen LogP) is 3.77. The zero-order chi connectivity index (χ0) is 14.8. The van der Waals surface area contributed by atoms with Gasteiger partial charge in [-0.15, -0.1) is 0 Å². The van der Waals surface area contributed by atoms with Crippen molar-refractivity contribution in [2.45, 2.75) is 9.59 Å². The van der Waals surface area contributed by atoms with Gasteiger partial charge in [0, 0.05) is 10.7 Å². The second-order valence-corrected chi connectivity index (χ2v) is 7.51. The summed E-state index contributed by atoms with van der Waals surface area (Å²) in [7, 11) is 0. The summed E-state index contributed by atoms with van der Waals surface area (Å²) >= 11 is 6.23. The van der Waals surface area contributed by atoms with Gasteiger partial charge in [-0.1, -0.05) is 51.2 Å². The average molecular weight is 380 g/mol. The molecule has 0 fully saturated rings. The molecule has 0 aliphatic heterocycles. The maximum Gasteiger partial charge on any atom is 0.235 e. The maximum atomic E-state index is 11.8. The Hall–Kier alpha value is -1.44. The Bertz CT molecular complexity index is 773.